The molecular formula is C13H24N2O2. The molecule has 1 aliphatic rings. The van der Waals surface area contributed by atoms with Crippen LogP contribution in [0.1, 0.15) is 26.7 Å². The monoisotopic (exact) mass is 240 g/mol. The van der Waals surface area contributed by atoms with E-state index < -0.39 is 0 Å². The van der Waals surface area contributed by atoms with E-state index in [0.29, 0.717) is 19.8 Å². The number of likely N-dealkylation sites (tertiary alicyclic amines) is 1. The summed E-state index contributed by atoms with van der Waals surface area (Å²) in [7, 11) is 0. The highest BCUT2D eigenvalue weighted by molar-refractivity contribution is 5.74. The number of hydrogen-bond acceptors (Lipinski definition) is 2. The van der Waals surface area contributed by atoms with Gasteiger partial charge in [0, 0.05) is 19.6 Å². The first kappa shape index (κ1) is 14.0. The van der Waals surface area contributed by atoms with Crippen molar-refractivity contribution in [2.45, 2.75) is 26.7 Å². The summed E-state index contributed by atoms with van der Waals surface area (Å²) in [6.45, 7) is 11.3. The molecule has 1 heterocycles. The summed E-state index contributed by atoms with van der Waals surface area (Å²) in [5, 5.41) is 2.87. The van der Waals surface area contributed by atoms with Gasteiger partial charge in [-0.25, -0.2) is 4.79 Å². The third-order valence-corrected chi connectivity index (χ3v) is 2.94. The summed E-state index contributed by atoms with van der Waals surface area (Å²) in [6, 6.07) is 0.0378. The van der Waals surface area contributed by atoms with Gasteiger partial charge in [0.25, 0.3) is 0 Å². The number of hydrogen-bond donors (Lipinski definition) is 1. The predicted octanol–water partition coefficient (Wildman–Crippen LogP) is 2.02. The first-order chi connectivity index (χ1) is 8.09. The fourth-order valence-corrected chi connectivity index (χ4v) is 1.80. The molecule has 0 radical (unpaired) electrons. The number of amides is 2. The maximum Gasteiger partial charge on any atom is 0.317 e. The highest BCUT2D eigenvalue weighted by atomic mass is 16.5. The van der Waals surface area contributed by atoms with Crippen LogP contribution in [-0.2, 0) is 4.74 Å². The van der Waals surface area contributed by atoms with Crippen LogP contribution in [0.3, 0.4) is 0 Å². The molecule has 4 heteroatoms. The van der Waals surface area contributed by atoms with Crippen molar-refractivity contribution in [3.8, 4) is 0 Å². The molecule has 1 saturated heterocycles. The van der Waals surface area contributed by atoms with Crippen LogP contribution in [0.15, 0.2) is 12.2 Å². The minimum Gasteiger partial charge on any atom is -0.375 e. The Morgan fingerprint density at radius 3 is 2.71 bits per heavy atom. The molecule has 1 rings (SSSR count). The molecule has 1 N–H and O–H groups in total. The van der Waals surface area contributed by atoms with Crippen molar-refractivity contribution in [3.63, 3.8) is 0 Å². The lowest BCUT2D eigenvalue weighted by Crippen LogP contribution is -2.45. The Bertz CT molecular complexity index is 258. The average Bonchev–Trinajstić information content (AvgIpc) is 2.29. The van der Waals surface area contributed by atoms with E-state index >= 15 is 0 Å². The number of nitrogens with zero attached hydrogens (tertiary/aromatic N) is 1. The number of piperidine rings is 1. The summed E-state index contributed by atoms with van der Waals surface area (Å²) in [6.07, 6.45) is 2.22. The Balaban J connectivity index is 2.06. The molecule has 1 fully saturated rings. The maximum absolute atomic E-state index is 11.7. The summed E-state index contributed by atoms with van der Waals surface area (Å²) in [4.78, 5) is 13.6. The highest BCUT2D eigenvalue weighted by Gasteiger charge is 2.19. The molecule has 0 aromatic rings. The third-order valence-electron chi connectivity index (χ3n) is 2.94. The van der Waals surface area contributed by atoms with E-state index in [4.69, 9.17) is 4.74 Å². The van der Waals surface area contributed by atoms with E-state index in [2.05, 4.69) is 18.8 Å². The van der Waals surface area contributed by atoms with Gasteiger partial charge in [-0.05, 0) is 25.7 Å². The van der Waals surface area contributed by atoms with Crippen LogP contribution in [-0.4, -0.2) is 43.8 Å². The Labute approximate surface area is 104 Å². The van der Waals surface area contributed by atoms with E-state index in [1.165, 1.54) is 0 Å². The van der Waals surface area contributed by atoms with Gasteiger partial charge < -0.3 is 15.0 Å². The van der Waals surface area contributed by atoms with E-state index in [1.807, 2.05) is 11.8 Å². The molecule has 2 amide bonds. The van der Waals surface area contributed by atoms with Gasteiger partial charge in [-0.15, -0.1) is 0 Å². The summed E-state index contributed by atoms with van der Waals surface area (Å²) < 4.78 is 5.32. The fourth-order valence-electron chi connectivity index (χ4n) is 1.80. The van der Waals surface area contributed by atoms with Crippen molar-refractivity contribution >= 4 is 6.03 Å². The summed E-state index contributed by atoms with van der Waals surface area (Å²) in [5.41, 5.74) is 1.00. The zero-order valence-electron chi connectivity index (χ0n) is 11.0. The van der Waals surface area contributed by atoms with Crippen molar-refractivity contribution in [1.82, 2.24) is 10.2 Å². The molecule has 98 valence electrons. The number of ether oxygens (including phenoxy) is 1. The molecule has 4 nitrogen and oxygen atoms in total. The number of rotatable bonds is 5. The quantitative estimate of drug-likeness (QED) is 0.590. The van der Waals surface area contributed by atoms with Crippen molar-refractivity contribution in [1.29, 1.82) is 0 Å². The fraction of sp³-hybridized carbons (Fsp3) is 0.769. The average molecular weight is 240 g/mol. The van der Waals surface area contributed by atoms with Gasteiger partial charge in [-0.3, -0.25) is 0 Å². The summed E-state index contributed by atoms with van der Waals surface area (Å²) in [5.74, 6) is 0.748. The topological polar surface area (TPSA) is 41.6 Å². The van der Waals surface area contributed by atoms with Gasteiger partial charge in [0.05, 0.1) is 13.2 Å². The van der Waals surface area contributed by atoms with E-state index in [0.717, 1.165) is 37.4 Å². The second-order valence-corrected chi connectivity index (χ2v) is 4.91. The van der Waals surface area contributed by atoms with Crippen LogP contribution < -0.4 is 5.32 Å². The molecule has 0 aromatic heterocycles. The van der Waals surface area contributed by atoms with Crippen molar-refractivity contribution in [3.05, 3.63) is 12.2 Å². The van der Waals surface area contributed by atoms with Gasteiger partial charge in [0.2, 0.25) is 0 Å². The van der Waals surface area contributed by atoms with Crippen LogP contribution >= 0.6 is 0 Å². The lowest BCUT2D eigenvalue weighted by Gasteiger charge is -2.30. The molecular weight excluding hydrogens is 216 g/mol. The van der Waals surface area contributed by atoms with Gasteiger partial charge in [0.1, 0.15) is 0 Å². The number of carbonyl (C=O) groups is 1. The van der Waals surface area contributed by atoms with Crippen LogP contribution in [0.2, 0.25) is 0 Å². The lowest BCUT2D eigenvalue weighted by molar-refractivity contribution is 0.147. The number of urea groups is 1. The van der Waals surface area contributed by atoms with Gasteiger partial charge >= 0.3 is 6.03 Å². The first-order valence-corrected chi connectivity index (χ1v) is 6.34. The SMILES string of the molecule is C=C(C)COCCNC(=O)N1CCC(C)CC1. The van der Waals surface area contributed by atoms with Gasteiger partial charge in [-0.1, -0.05) is 19.1 Å². The minimum atomic E-state index is 0.0378. The zero-order chi connectivity index (χ0) is 12.7. The molecule has 0 unspecified atom stereocenters. The maximum atomic E-state index is 11.7. The van der Waals surface area contributed by atoms with Gasteiger partial charge in [0.15, 0.2) is 0 Å². The molecule has 0 spiro atoms. The van der Waals surface area contributed by atoms with Crippen LogP contribution in [0.25, 0.3) is 0 Å². The molecule has 0 aromatic carbocycles. The van der Waals surface area contributed by atoms with Crippen LogP contribution in [0.4, 0.5) is 4.79 Å². The molecule has 0 aliphatic carbocycles. The second-order valence-electron chi connectivity index (χ2n) is 4.91. The van der Waals surface area contributed by atoms with E-state index in [9.17, 15) is 4.79 Å². The van der Waals surface area contributed by atoms with E-state index in [1.54, 1.807) is 0 Å². The Hall–Kier alpha value is -1.03. The Kier molecular flexibility index (Phi) is 6.05. The summed E-state index contributed by atoms with van der Waals surface area (Å²) >= 11 is 0. The normalized spacial score (nSPS) is 16.9. The molecule has 0 saturated carbocycles. The van der Waals surface area contributed by atoms with Crippen molar-refractivity contribution in [2.75, 3.05) is 32.8 Å². The number of carbonyl (C=O) groups excluding carboxylic acids is 1. The van der Waals surface area contributed by atoms with Crippen LogP contribution in [0.5, 0.6) is 0 Å². The predicted molar refractivity (Wildman–Crippen MR) is 69.0 cm³/mol. The molecule has 17 heavy (non-hydrogen) atoms. The zero-order valence-corrected chi connectivity index (χ0v) is 11.0. The Morgan fingerprint density at radius 1 is 1.47 bits per heavy atom. The standard InChI is InChI=1S/C13H24N2O2/c1-11(2)10-17-9-6-14-13(16)15-7-4-12(3)5-8-15/h12H,1,4-10H2,2-3H3,(H,14,16). The lowest BCUT2D eigenvalue weighted by atomic mass is 10.00. The number of nitrogens with one attached hydrogen (secondary N) is 1. The molecule has 0 atom stereocenters. The molecule has 1 aliphatic heterocycles. The smallest absolute Gasteiger partial charge is 0.317 e. The molecule has 0 bridgehead atoms. The van der Waals surface area contributed by atoms with Crippen molar-refractivity contribution < 1.29 is 9.53 Å². The largest absolute Gasteiger partial charge is 0.375 e. The second kappa shape index (κ2) is 7.33. The minimum absolute atomic E-state index is 0.0378. The van der Waals surface area contributed by atoms with Crippen molar-refractivity contribution in [2.24, 2.45) is 5.92 Å². The Morgan fingerprint density at radius 2 is 2.12 bits per heavy atom. The van der Waals surface area contributed by atoms with Gasteiger partial charge in [-0.2, -0.15) is 0 Å². The first-order valence-electron chi connectivity index (χ1n) is 6.34. The van der Waals surface area contributed by atoms with Crippen LogP contribution in [0, 0.1) is 5.92 Å². The van der Waals surface area contributed by atoms with E-state index in [-0.39, 0.29) is 6.03 Å². The highest BCUT2D eigenvalue weighted by Crippen LogP contribution is 2.15. The third kappa shape index (κ3) is 5.73.